The molecule has 32 heavy (non-hydrogen) atoms. The largest absolute Gasteiger partial charge is 0.472 e. The van der Waals surface area contributed by atoms with Gasteiger partial charge in [-0.25, -0.2) is 4.68 Å². The number of carbonyl (C=O) groups excluding carboxylic acids is 2. The van der Waals surface area contributed by atoms with Crippen LogP contribution in [0.1, 0.15) is 38.6 Å². The van der Waals surface area contributed by atoms with Crippen molar-refractivity contribution in [2.24, 2.45) is 0 Å². The highest BCUT2D eigenvalue weighted by Crippen LogP contribution is 2.32. The molecular formula is C23H21ClN4O3S. The number of rotatable bonds is 4. The van der Waals surface area contributed by atoms with Crippen LogP contribution in [-0.4, -0.2) is 45.6 Å². The third-order valence-electron chi connectivity index (χ3n) is 5.73. The molecular weight excluding hydrogens is 448 g/mol. The average Bonchev–Trinajstić information content (AvgIpc) is 3.53. The first-order chi connectivity index (χ1) is 15.5. The van der Waals surface area contributed by atoms with E-state index in [1.807, 2.05) is 37.3 Å². The van der Waals surface area contributed by atoms with Gasteiger partial charge in [0.25, 0.3) is 11.8 Å². The fourth-order valence-electron chi connectivity index (χ4n) is 4.00. The molecule has 1 aliphatic heterocycles. The maximum Gasteiger partial charge on any atom is 0.261 e. The number of thiophene rings is 1. The third-order valence-corrected chi connectivity index (χ3v) is 7.16. The molecule has 0 bridgehead atoms. The number of benzene rings is 1. The Morgan fingerprint density at radius 3 is 2.72 bits per heavy atom. The van der Waals surface area contributed by atoms with Gasteiger partial charge in [-0.2, -0.15) is 5.10 Å². The van der Waals surface area contributed by atoms with Gasteiger partial charge >= 0.3 is 0 Å². The van der Waals surface area contributed by atoms with E-state index in [9.17, 15) is 9.59 Å². The number of piperidine rings is 1. The number of nitrogens with zero attached hydrogens (tertiary/aromatic N) is 3. The van der Waals surface area contributed by atoms with Gasteiger partial charge in [0.05, 0.1) is 33.1 Å². The monoisotopic (exact) mass is 468 g/mol. The van der Waals surface area contributed by atoms with Crippen LogP contribution in [-0.2, 0) is 0 Å². The molecule has 4 aromatic rings. The van der Waals surface area contributed by atoms with Crippen LogP contribution in [0.5, 0.6) is 0 Å². The summed E-state index contributed by atoms with van der Waals surface area (Å²) in [6, 6.07) is 11.1. The van der Waals surface area contributed by atoms with Crippen molar-refractivity contribution >= 4 is 45.0 Å². The molecule has 3 aromatic heterocycles. The Morgan fingerprint density at radius 2 is 2.00 bits per heavy atom. The highest BCUT2D eigenvalue weighted by atomic mass is 35.5. The number of hydrogen-bond acceptors (Lipinski definition) is 5. The van der Waals surface area contributed by atoms with Crippen molar-refractivity contribution in [2.45, 2.75) is 25.8 Å². The fraction of sp³-hybridized carbons (Fsp3) is 0.261. The summed E-state index contributed by atoms with van der Waals surface area (Å²) >= 11 is 7.77. The van der Waals surface area contributed by atoms with Gasteiger partial charge in [-0.1, -0.05) is 23.7 Å². The molecule has 1 fully saturated rings. The summed E-state index contributed by atoms with van der Waals surface area (Å²) in [4.78, 5) is 28.7. The van der Waals surface area contributed by atoms with Crippen LogP contribution in [0.25, 0.3) is 15.9 Å². The van der Waals surface area contributed by atoms with Crippen LogP contribution in [0.3, 0.4) is 0 Å². The first-order valence-corrected chi connectivity index (χ1v) is 11.6. The molecule has 0 unspecified atom stereocenters. The number of para-hydroxylation sites is 1. The number of fused-ring (bicyclic) bond motifs is 1. The molecule has 0 spiro atoms. The van der Waals surface area contributed by atoms with Gasteiger partial charge in [0, 0.05) is 24.5 Å². The van der Waals surface area contributed by atoms with Crippen molar-refractivity contribution in [1.29, 1.82) is 0 Å². The lowest BCUT2D eigenvalue weighted by Crippen LogP contribution is -2.46. The minimum atomic E-state index is -0.101. The number of aromatic nitrogens is 2. The van der Waals surface area contributed by atoms with E-state index in [1.165, 1.54) is 23.9 Å². The Bertz CT molecular complexity index is 1290. The number of hydrogen-bond donors (Lipinski definition) is 1. The van der Waals surface area contributed by atoms with Gasteiger partial charge in [0.2, 0.25) is 0 Å². The van der Waals surface area contributed by atoms with Crippen molar-refractivity contribution in [3.8, 4) is 5.69 Å². The summed E-state index contributed by atoms with van der Waals surface area (Å²) < 4.78 is 6.80. The lowest BCUT2D eigenvalue weighted by Gasteiger charge is -2.32. The van der Waals surface area contributed by atoms with Gasteiger partial charge in [0.15, 0.2) is 0 Å². The van der Waals surface area contributed by atoms with Gasteiger partial charge < -0.3 is 14.6 Å². The first-order valence-electron chi connectivity index (χ1n) is 10.4. The molecule has 1 saturated heterocycles. The smallest absolute Gasteiger partial charge is 0.261 e. The normalized spacial score (nSPS) is 14.8. The number of aryl methyl sites for hydroxylation is 1. The van der Waals surface area contributed by atoms with Crippen LogP contribution in [0.4, 0.5) is 0 Å². The topological polar surface area (TPSA) is 80.4 Å². The first kappa shape index (κ1) is 20.8. The van der Waals surface area contributed by atoms with E-state index in [0.29, 0.717) is 41.4 Å². The number of furan rings is 1. The molecule has 1 N–H and O–H groups in total. The number of likely N-dealkylation sites (tertiary alicyclic amines) is 1. The van der Waals surface area contributed by atoms with E-state index < -0.39 is 0 Å². The predicted molar refractivity (Wildman–Crippen MR) is 124 cm³/mol. The number of amides is 2. The number of carbonyl (C=O) groups is 2. The van der Waals surface area contributed by atoms with E-state index in [-0.39, 0.29) is 17.9 Å². The van der Waals surface area contributed by atoms with Crippen molar-refractivity contribution in [3.05, 3.63) is 70.1 Å². The van der Waals surface area contributed by atoms with E-state index in [2.05, 4.69) is 10.4 Å². The molecule has 1 aliphatic rings. The lowest BCUT2D eigenvalue weighted by molar-refractivity contribution is 0.0697. The molecule has 164 valence electrons. The SMILES string of the molecule is Cc1nn(-c2ccccc2Cl)c2sc(C(=O)NC3CCN(C(=O)c4ccoc4)CC3)cc12. The zero-order valence-corrected chi connectivity index (χ0v) is 18.9. The molecule has 0 saturated carbocycles. The highest BCUT2D eigenvalue weighted by molar-refractivity contribution is 7.20. The molecule has 0 radical (unpaired) electrons. The number of nitrogens with one attached hydrogen (secondary N) is 1. The van der Waals surface area contributed by atoms with Crippen molar-refractivity contribution in [1.82, 2.24) is 20.0 Å². The quantitative estimate of drug-likeness (QED) is 0.471. The summed E-state index contributed by atoms with van der Waals surface area (Å²) in [5.74, 6) is -0.136. The molecule has 5 rings (SSSR count). The van der Waals surface area contributed by atoms with Crippen molar-refractivity contribution in [3.63, 3.8) is 0 Å². The summed E-state index contributed by atoms with van der Waals surface area (Å²) in [6.45, 7) is 3.13. The summed E-state index contributed by atoms with van der Waals surface area (Å²) in [7, 11) is 0. The second kappa shape index (κ2) is 8.44. The Kier molecular flexibility index (Phi) is 5.48. The van der Waals surface area contributed by atoms with Crippen LogP contribution in [0.15, 0.2) is 53.3 Å². The number of halogens is 1. The van der Waals surface area contributed by atoms with Crippen LogP contribution in [0, 0.1) is 6.92 Å². The predicted octanol–water partition coefficient (Wildman–Crippen LogP) is 4.68. The zero-order valence-electron chi connectivity index (χ0n) is 17.4. The fourth-order valence-corrected chi connectivity index (χ4v) is 5.29. The van der Waals surface area contributed by atoms with Crippen molar-refractivity contribution in [2.75, 3.05) is 13.1 Å². The second-order valence-corrected chi connectivity index (χ2v) is 9.27. The molecule has 0 aliphatic carbocycles. The molecule has 2 amide bonds. The van der Waals surface area contributed by atoms with Gasteiger partial charge in [-0.05, 0) is 44.0 Å². The summed E-state index contributed by atoms with van der Waals surface area (Å²) in [6.07, 6.45) is 4.39. The molecule has 9 heteroatoms. The van der Waals surface area contributed by atoms with E-state index >= 15 is 0 Å². The van der Waals surface area contributed by atoms with Crippen LogP contribution < -0.4 is 5.32 Å². The lowest BCUT2D eigenvalue weighted by atomic mass is 10.0. The van der Waals surface area contributed by atoms with Gasteiger partial charge in [-0.3, -0.25) is 9.59 Å². The molecule has 0 atom stereocenters. The Balaban J connectivity index is 1.28. The maximum atomic E-state index is 13.0. The van der Waals surface area contributed by atoms with Gasteiger partial charge in [-0.15, -0.1) is 11.3 Å². The Hall–Kier alpha value is -3.10. The Morgan fingerprint density at radius 1 is 1.22 bits per heavy atom. The third kappa shape index (κ3) is 3.80. The summed E-state index contributed by atoms with van der Waals surface area (Å²) in [5.41, 5.74) is 2.19. The molecule has 7 nitrogen and oxygen atoms in total. The minimum Gasteiger partial charge on any atom is -0.472 e. The van der Waals surface area contributed by atoms with Crippen LogP contribution >= 0.6 is 22.9 Å². The minimum absolute atomic E-state index is 0.0299. The molecule has 1 aromatic carbocycles. The average molecular weight is 469 g/mol. The zero-order chi connectivity index (χ0) is 22.2. The maximum absolute atomic E-state index is 13.0. The van der Waals surface area contributed by atoms with E-state index in [1.54, 1.807) is 15.6 Å². The molecule has 4 heterocycles. The van der Waals surface area contributed by atoms with E-state index in [0.717, 1.165) is 21.6 Å². The van der Waals surface area contributed by atoms with E-state index in [4.69, 9.17) is 16.0 Å². The van der Waals surface area contributed by atoms with Gasteiger partial charge in [0.1, 0.15) is 11.1 Å². The highest BCUT2D eigenvalue weighted by Gasteiger charge is 2.26. The van der Waals surface area contributed by atoms with Crippen molar-refractivity contribution < 1.29 is 14.0 Å². The second-order valence-electron chi connectivity index (χ2n) is 7.83. The van der Waals surface area contributed by atoms with Crippen LogP contribution in [0.2, 0.25) is 5.02 Å². The summed E-state index contributed by atoms with van der Waals surface area (Å²) in [5, 5.41) is 9.29. The standard InChI is InChI=1S/C23H21ClN4O3S/c1-14-17-12-20(32-23(17)28(26-14)19-5-3-2-4-18(19)24)21(29)25-16-6-9-27(10-7-16)22(30)15-8-11-31-13-15/h2-5,8,11-13,16H,6-7,9-10H2,1H3,(H,25,29). The Labute approximate surface area is 193 Å².